The number of benzene rings is 1. The molecule has 0 atom stereocenters. The highest BCUT2D eigenvalue weighted by atomic mass is 32.2. The van der Waals surface area contributed by atoms with Crippen molar-refractivity contribution in [1.29, 1.82) is 5.26 Å². The third kappa shape index (κ3) is 3.13. The van der Waals surface area contributed by atoms with Crippen molar-refractivity contribution in [3.63, 3.8) is 0 Å². The van der Waals surface area contributed by atoms with Crippen LogP contribution >= 0.6 is 24.0 Å². The minimum absolute atomic E-state index is 0.498. The predicted octanol–water partition coefficient (Wildman–Crippen LogP) is 3.38. The Morgan fingerprint density at radius 1 is 1.36 bits per heavy atom. The first-order valence-electron chi connectivity index (χ1n) is 4.34. The fraction of sp³-hybridized carbons (Fsp3) is 0.273. The van der Waals surface area contributed by atoms with Crippen molar-refractivity contribution in [2.75, 3.05) is 0 Å². The van der Waals surface area contributed by atoms with E-state index in [0.29, 0.717) is 10.8 Å². The van der Waals surface area contributed by atoms with Gasteiger partial charge >= 0.3 is 0 Å². The third-order valence-electron chi connectivity index (χ3n) is 1.59. The largest absolute Gasteiger partial charge is 0.192 e. The second-order valence-electron chi connectivity index (χ2n) is 3.14. The first kappa shape index (κ1) is 11.2. The quantitative estimate of drug-likeness (QED) is 0.715. The van der Waals surface area contributed by atoms with Crippen LogP contribution in [0.2, 0.25) is 0 Å². The van der Waals surface area contributed by atoms with Gasteiger partial charge in [-0.1, -0.05) is 38.2 Å². The Morgan fingerprint density at radius 3 is 2.36 bits per heavy atom. The lowest BCUT2D eigenvalue weighted by Gasteiger charge is -2.05. The molecule has 0 fully saturated rings. The van der Waals surface area contributed by atoms with E-state index in [1.165, 1.54) is 0 Å². The molecule has 0 aliphatic carbocycles. The molecule has 0 aliphatic rings. The van der Waals surface area contributed by atoms with Gasteiger partial charge in [0.2, 0.25) is 0 Å². The van der Waals surface area contributed by atoms with Crippen molar-refractivity contribution in [1.82, 2.24) is 0 Å². The molecule has 1 nitrogen and oxygen atoms in total. The topological polar surface area (TPSA) is 23.8 Å². The second-order valence-corrected chi connectivity index (χ2v) is 5.40. The highest BCUT2D eigenvalue weighted by Gasteiger charge is 2.04. The van der Waals surface area contributed by atoms with Crippen molar-refractivity contribution in [2.24, 2.45) is 0 Å². The van der Waals surface area contributed by atoms with E-state index in [9.17, 15) is 0 Å². The number of nitrogens with zero attached hydrogens (tertiary/aromatic N) is 1. The molecule has 0 unspecified atom stereocenters. The molecule has 0 radical (unpaired) electrons. The van der Waals surface area contributed by atoms with Gasteiger partial charge in [-0.25, -0.2) is 0 Å². The monoisotopic (exact) mass is 221 g/mol. The van der Waals surface area contributed by atoms with Crippen LogP contribution < -0.4 is 0 Å². The first-order chi connectivity index (χ1) is 6.63. The van der Waals surface area contributed by atoms with Crippen LogP contribution in [-0.2, 0) is 0 Å². The normalized spacial score (nSPS) is 9.86. The van der Waals surface area contributed by atoms with E-state index in [4.69, 9.17) is 17.5 Å². The fourth-order valence-electron chi connectivity index (χ4n) is 0.963. The number of hydrogen-bond acceptors (Lipinski definition) is 3. The highest BCUT2D eigenvalue weighted by Crippen LogP contribution is 2.18. The molecule has 0 aromatic heterocycles. The summed E-state index contributed by atoms with van der Waals surface area (Å²) < 4.78 is 0.893. The first-order valence-corrected chi connectivity index (χ1v) is 5.63. The van der Waals surface area contributed by atoms with Gasteiger partial charge in [0.05, 0.1) is 15.8 Å². The van der Waals surface area contributed by atoms with E-state index in [0.717, 1.165) is 9.76 Å². The van der Waals surface area contributed by atoms with Crippen LogP contribution in [-0.4, -0.2) is 9.45 Å². The number of nitriles is 1. The number of hydrogen-bond donors (Lipinski definition) is 0. The fourth-order valence-corrected chi connectivity index (χ4v) is 2.38. The van der Waals surface area contributed by atoms with E-state index < -0.39 is 0 Å². The van der Waals surface area contributed by atoms with Crippen LogP contribution in [0.5, 0.6) is 0 Å². The zero-order valence-corrected chi connectivity index (χ0v) is 9.78. The summed E-state index contributed by atoms with van der Waals surface area (Å²) in [6, 6.07) is 9.47. The Labute approximate surface area is 94.1 Å². The van der Waals surface area contributed by atoms with Crippen LogP contribution in [0.4, 0.5) is 0 Å². The molecule has 14 heavy (non-hydrogen) atoms. The average molecular weight is 221 g/mol. The molecule has 0 aliphatic heterocycles. The summed E-state index contributed by atoms with van der Waals surface area (Å²) in [7, 11) is 0. The third-order valence-corrected chi connectivity index (χ3v) is 3.04. The van der Waals surface area contributed by atoms with Crippen LogP contribution in [0, 0.1) is 11.3 Å². The van der Waals surface area contributed by atoms with E-state index in [2.05, 4.69) is 19.9 Å². The van der Waals surface area contributed by atoms with Crippen molar-refractivity contribution < 1.29 is 0 Å². The standard InChI is InChI=1S/C11H11NS2/c1-8(2)14-11(13)10-5-3-9(7-12)4-6-10/h3-6,8H,1-2H3. The lowest BCUT2D eigenvalue weighted by atomic mass is 10.2. The number of thioether (sulfide) groups is 1. The van der Waals surface area contributed by atoms with E-state index in [1.54, 1.807) is 23.9 Å². The van der Waals surface area contributed by atoms with Crippen molar-refractivity contribution in [3.8, 4) is 6.07 Å². The van der Waals surface area contributed by atoms with Crippen molar-refractivity contribution in [3.05, 3.63) is 35.4 Å². The maximum absolute atomic E-state index is 8.62. The van der Waals surface area contributed by atoms with Crippen molar-refractivity contribution >= 4 is 28.2 Å². The summed E-state index contributed by atoms with van der Waals surface area (Å²) in [5.74, 6) is 0. The maximum Gasteiger partial charge on any atom is 0.0991 e. The molecule has 0 spiro atoms. The zero-order valence-electron chi connectivity index (χ0n) is 8.15. The summed E-state index contributed by atoms with van der Waals surface area (Å²) in [5, 5.41) is 9.12. The predicted molar refractivity (Wildman–Crippen MR) is 65.6 cm³/mol. The molecule has 1 rings (SSSR count). The zero-order chi connectivity index (χ0) is 10.6. The van der Waals surface area contributed by atoms with Gasteiger partial charge in [0.15, 0.2) is 0 Å². The SMILES string of the molecule is CC(C)SC(=S)c1ccc(C#N)cc1. The molecule has 0 heterocycles. The molecule has 3 heteroatoms. The Hall–Kier alpha value is -0.850. The molecule has 0 amide bonds. The smallest absolute Gasteiger partial charge is 0.0991 e. The second kappa shape index (κ2) is 5.14. The summed E-state index contributed by atoms with van der Waals surface area (Å²) >= 11 is 6.93. The Balaban J connectivity index is 2.78. The lowest BCUT2D eigenvalue weighted by molar-refractivity contribution is 1.12. The highest BCUT2D eigenvalue weighted by molar-refractivity contribution is 8.24. The minimum atomic E-state index is 0.498. The molecular weight excluding hydrogens is 210 g/mol. The number of thiocarbonyl (C=S) groups is 1. The lowest BCUT2D eigenvalue weighted by Crippen LogP contribution is -1.97. The Kier molecular flexibility index (Phi) is 4.12. The molecule has 1 aromatic rings. The minimum Gasteiger partial charge on any atom is -0.192 e. The molecule has 72 valence electrons. The molecule has 0 saturated carbocycles. The van der Waals surface area contributed by atoms with E-state index in [1.807, 2.05) is 12.1 Å². The molecule has 0 N–H and O–H groups in total. The molecular formula is C11H11NS2. The van der Waals surface area contributed by atoms with E-state index >= 15 is 0 Å². The molecule has 0 saturated heterocycles. The Bertz CT molecular complexity index is 360. The van der Waals surface area contributed by atoms with Gasteiger partial charge in [-0.15, -0.1) is 11.8 Å². The van der Waals surface area contributed by atoms with Gasteiger partial charge in [-0.3, -0.25) is 0 Å². The van der Waals surface area contributed by atoms with Gasteiger partial charge in [0, 0.05) is 5.25 Å². The average Bonchev–Trinajstić information content (AvgIpc) is 2.17. The van der Waals surface area contributed by atoms with Crippen LogP contribution in [0.3, 0.4) is 0 Å². The van der Waals surface area contributed by atoms with Crippen LogP contribution in [0.15, 0.2) is 24.3 Å². The van der Waals surface area contributed by atoms with Gasteiger partial charge < -0.3 is 0 Å². The molecule has 1 aromatic carbocycles. The Morgan fingerprint density at radius 2 is 1.93 bits per heavy atom. The summed E-state index contributed by atoms with van der Waals surface area (Å²) in [4.78, 5) is 0. The summed E-state index contributed by atoms with van der Waals surface area (Å²) in [6.45, 7) is 4.22. The van der Waals surface area contributed by atoms with Crippen LogP contribution in [0.25, 0.3) is 0 Å². The van der Waals surface area contributed by atoms with Gasteiger partial charge in [-0.2, -0.15) is 5.26 Å². The van der Waals surface area contributed by atoms with E-state index in [-0.39, 0.29) is 0 Å². The maximum atomic E-state index is 8.62. The van der Waals surface area contributed by atoms with Crippen LogP contribution in [0.1, 0.15) is 25.0 Å². The number of rotatable bonds is 2. The van der Waals surface area contributed by atoms with Gasteiger partial charge in [-0.05, 0) is 17.7 Å². The van der Waals surface area contributed by atoms with Crippen molar-refractivity contribution in [2.45, 2.75) is 19.1 Å². The molecule has 0 bridgehead atoms. The van der Waals surface area contributed by atoms with Gasteiger partial charge in [0.25, 0.3) is 0 Å². The summed E-state index contributed by atoms with van der Waals surface area (Å²) in [5.41, 5.74) is 1.70. The van der Waals surface area contributed by atoms with Gasteiger partial charge in [0.1, 0.15) is 0 Å². The summed E-state index contributed by atoms with van der Waals surface area (Å²) in [6.07, 6.45) is 0.